The summed E-state index contributed by atoms with van der Waals surface area (Å²) in [6.45, 7) is 0. The number of aromatic nitrogens is 3. The summed E-state index contributed by atoms with van der Waals surface area (Å²) >= 11 is 5.84. The maximum absolute atomic E-state index is 12.1. The molecule has 0 amide bonds. The number of aliphatic hydroxyl groups is 1. The third-order valence-corrected chi connectivity index (χ3v) is 3.37. The lowest BCUT2D eigenvalue weighted by Gasteiger charge is -1.98. The molecule has 3 rings (SSSR count). The Morgan fingerprint density at radius 2 is 2.04 bits per heavy atom. The van der Waals surface area contributed by atoms with Crippen molar-refractivity contribution in [3.63, 3.8) is 0 Å². The molecule has 6 nitrogen and oxygen atoms in total. The number of hydrogen-bond acceptors (Lipinski definition) is 5. The lowest BCUT2D eigenvalue weighted by molar-refractivity contribution is 0.101. The highest BCUT2D eigenvalue weighted by Crippen LogP contribution is 2.17. The highest BCUT2D eigenvalue weighted by atomic mass is 35.5. The Morgan fingerprint density at radius 3 is 2.74 bits per heavy atom. The maximum Gasteiger partial charge on any atom is 0.224 e. The molecule has 0 aliphatic carbocycles. The summed E-state index contributed by atoms with van der Waals surface area (Å²) in [5.74, 6) is 0.138. The van der Waals surface area contributed by atoms with Gasteiger partial charge < -0.3 is 9.52 Å². The van der Waals surface area contributed by atoms with Gasteiger partial charge >= 0.3 is 0 Å². The minimum absolute atomic E-state index is 0.117. The van der Waals surface area contributed by atoms with Crippen molar-refractivity contribution in [1.29, 1.82) is 0 Å². The smallest absolute Gasteiger partial charge is 0.224 e. The maximum atomic E-state index is 12.1. The van der Waals surface area contributed by atoms with Gasteiger partial charge in [-0.1, -0.05) is 23.7 Å². The minimum Gasteiger partial charge on any atom is -0.504 e. The number of benzene rings is 1. The Hall–Kier alpha value is -2.86. The van der Waals surface area contributed by atoms with Gasteiger partial charge in [0.2, 0.25) is 5.78 Å². The summed E-state index contributed by atoms with van der Waals surface area (Å²) in [6.07, 6.45) is 2.81. The summed E-state index contributed by atoms with van der Waals surface area (Å²) in [6, 6.07) is 10.7. The molecule has 2 aromatic heterocycles. The van der Waals surface area contributed by atoms with Crippen molar-refractivity contribution in [3.05, 3.63) is 76.7 Å². The van der Waals surface area contributed by atoms with E-state index < -0.39 is 5.78 Å². The number of furan rings is 1. The van der Waals surface area contributed by atoms with E-state index in [1.54, 1.807) is 24.3 Å². The standard InChI is InChI=1S/C16H12ClN3O3/c17-11-3-1-10(2-4-11)7-12-5-6-15(23-12)13(21)8-14(22)16-18-9-19-20-16/h1-6,8-9,22H,7H2,(H,18,19,20). The van der Waals surface area contributed by atoms with Crippen molar-refractivity contribution in [2.24, 2.45) is 0 Å². The Bertz CT molecular complexity index is 836. The van der Waals surface area contributed by atoms with E-state index in [0.29, 0.717) is 17.2 Å². The second-order valence-electron chi connectivity index (χ2n) is 4.80. The molecule has 3 aromatic rings. The number of aromatic amines is 1. The Kier molecular flexibility index (Phi) is 4.25. The second-order valence-corrected chi connectivity index (χ2v) is 5.23. The summed E-state index contributed by atoms with van der Waals surface area (Å²) in [5.41, 5.74) is 1.02. The predicted octanol–water partition coefficient (Wildman–Crippen LogP) is 3.42. The van der Waals surface area contributed by atoms with E-state index in [1.807, 2.05) is 12.1 Å². The van der Waals surface area contributed by atoms with Crippen LogP contribution in [0.25, 0.3) is 5.76 Å². The van der Waals surface area contributed by atoms with Gasteiger partial charge in [0.25, 0.3) is 0 Å². The number of carbonyl (C=O) groups is 1. The number of aliphatic hydroxyl groups excluding tert-OH is 1. The SMILES string of the molecule is O=C(C=C(O)c1ncn[nH]1)c1ccc(Cc2ccc(Cl)cc2)o1. The van der Waals surface area contributed by atoms with Crippen molar-refractivity contribution in [2.45, 2.75) is 6.42 Å². The van der Waals surface area contributed by atoms with E-state index in [0.717, 1.165) is 11.6 Å². The van der Waals surface area contributed by atoms with Gasteiger partial charge in [0.05, 0.1) is 0 Å². The molecule has 0 bridgehead atoms. The number of rotatable bonds is 5. The van der Waals surface area contributed by atoms with Crippen LogP contribution in [0.4, 0.5) is 0 Å². The van der Waals surface area contributed by atoms with Gasteiger partial charge in [-0.05, 0) is 29.8 Å². The second kappa shape index (κ2) is 6.50. The summed E-state index contributed by atoms with van der Waals surface area (Å²) in [4.78, 5) is 15.8. The van der Waals surface area contributed by atoms with Crippen LogP contribution in [-0.4, -0.2) is 26.1 Å². The lowest BCUT2D eigenvalue weighted by Crippen LogP contribution is -1.96. The van der Waals surface area contributed by atoms with E-state index in [9.17, 15) is 9.90 Å². The van der Waals surface area contributed by atoms with E-state index >= 15 is 0 Å². The minimum atomic E-state index is -0.457. The van der Waals surface area contributed by atoms with Crippen molar-refractivity contribution < 1.29 is 14.3 Å². The first-order chi connectivity index (χ1) is 11.1. The number of nitrogens with zero attached hydrogens (tertiary/aromatic N) is 2. The number of ketones is 1. The topological polar surface area (TPSA) is 92.0 Å². The van der Waals surface area contributed by atoms with Crippen molar-refractivity contribution in [3.8, 4) is 0 Å². The molecule has 0 saturated heterocycles. The monoisotopic (exact) mass is 329 g/mol. The molecular weight excluding hydrogens is 318 g/mol. The number of halogens is 1. The average Bonchev–Trinajstić information content (AvgIpc) is 3.21. The van der Waals surface area contributed by atoms with Crippen LogP contribution in [0, 0.1) is 0 Å². The predicted molar refractivity (Wildman–Crippen MR) is 84.3 cm³/mol. The van der Waals surface area contributed by atoms with Gasteiger partial charge in [-0.15, -0.1) is 0 Å². The summed E-state index contributed by atoms with van der Waals surface area (Å²) in [7, 11) is 0. The first kappa shape index (κ1) is 15.1. The fourth-order valence-electron chi connectivity index (χ4n) is 2.00. The molecular formula is C16H12ClN3O3. The largest absolute Gasteiger partial charge is 0.504 e. The number of allylic oxidation sites excluding steroid dienone is 1. The third-order valence-electron chi connectivity index (χ3n) is 3.12. The molecule has 2 N–H and O–H groups in total. The number of H-pyrrole nitrogens is 1. The molecule has 0 atom stereocenters. The van der Waals surface area contributed by atoms with E-state index in [1.165, 1.54) is 6.33 Å². The zero-order valence-corrected chi connectivity index (χ0v) is 12.6. The van der Waals surface area contributed by atoms with E-state index in [-0.39, 0.29) is 17.3 Å². The molecule has 1 aromatic carbocycles. The van der Waals surface area contributed by atoms with Gasteiger partial charge in [0.1, 0.15) is 12.1 Å². The highest BCUT2D eigenvalue weighted by molar-refractivity contribution is 6.30. The normalized spacial score (nSPS) is 11.6. The van der Waals surface area contributed by atoms with E-state index in [2.05, 4.69) is 15.2 Å². The van der Waals surface area contributed by atoms with Crippen LogP contribution in [0.15, 0.2) is 53.2 Å². The number of carbonyl (C=O) groups excluding carboxylic acids is 1. The van der Waals surface area contributed by atoms with Crippen LogP contribution in [0.1, 0.15) is 27.7 Å². The number of hydrogen-bond donors (Lipinski definition) is 2. The van der Waals surface area contributed by atoms with Crippen molar-refractivity contribution in [2.75, 3.05) is 0 Å². The molecule has 0 aliphatic rings. The van der Waals surface area contributed by atoms with Crippen LogP contribution in [0.3, 0.4) is 0 Å². The number of nitrogens with one attached hydrogen (secondary N) is 1. The van der Waals surface area contributed by atoms with Gasteiger partial charge in [-0.25, -0.2) is 4.98 Å². The van der Waals surface area contributed by atoms with Crippen LogP contribution in [0.5, 0.6) is 0 Å². The van der Waals surface area contributed by atoms with Gasteiger partial charge in [0, 0.05) is 17.5 Å². The molecule has 0 fully saturated rings. The molecule has 7 heteroatoms. The fourth-order valence-corrected chi connectivity index (χ4v) is 2.13. The average molecular weight is 330 g/mol. The van der Waals surface area contributed by atoms with Crippen molar-refractivity contribution in [1.82, 2.24) is 15.2 Å². The Labute approximate surface area is 136 Å². The first-order valence-electron chi connectivity index (χ1n) is 6.76. The van der Waals surface area contributed by atoms with Crippen LogP contribution < -0.4 is 0 Å². The first-order valence-corrected chi connectivity index (χ1v) is 7.13. The molecule has 0 aliphatic heterocycles. The third kappa shape index (κ3) is 3.67. The van der Waals surface area contributed by atoms with Crippen LogP contribution in [0.2, 0.25) is 5.02 Å². The van der Waals surface area contributed by atoms with Crippen molar-refractivity contribution >= 4 is 23.1 Å². The quantitative estimate of drug-likeness (QED) is 0.425. The Balaban J connectivity index is 1.72. The van der Waals surface area contributed by atoms with Crippen LogP contribution >= 0.6 is 11.6 Å². The van der Waals surface area contributed by atoms with Gasteiger partial charge in [0.15, 0.2) is 17.3 Å². The zero-order valence-electron chi connectivity index (χ0n) is 11.9. The van der Waals surface area contributed by atoms with Gasteiger partial charge in [-0.3, -0.25) is 9.89 Å². The molecule has 0 unspecified atom stereocenters. The molecule has 0 spiro atoms. The van der Waals surface area contributed by atoms with Crippen LogP contribution in [-0.2, 0) is 6.42 Å². The Morgan fingerprint density at radius 1 is 1.26 bits per heavy atom. The fraction of sp³-hybridized carbons (Fsp3) is 0.0625. The molecule has 23 heavy (non-hydrogen) atoms. The highest BCUT2D eigenvalue weighted by Gasteiger charge is 2.12. The zero-order chi connectivity index (χ0) is 16.2. The lowest BCUT2D eigenvalue weighted by atomic mass is 10.1. The van der Waals surface area contributed by atoms with E-state index in [4.69, 9.17) is 16.0 Å². The molecule has 2 heterocycles. The summed E-state index contributed by atoms with van der Waals surface area (Å²) < 4.78 is 5.51. The van der Waals surface area contributed by atoms with Gasteiger partial charge in [-0.2, -0.15) is 5.10 Å². The molecule has 0 saturated carbocycles. The molecule has 116 valence electrons. The summed E-state index contributed by atoms with van der Waals surface area (Å²) in [5, 5.41) is 16.5. The molecule has 0 radical (unpaired) electrons.